The van der Waals surface area contributed by atoms with E-state index in [1.54, 1.807) is 20.3 Å². The Kier molecular flexibility index (Phi) is 7.66. The number of esters is 1. The van der Waals surface area contributed by atoms with Gasteiger partial charge in [-0.15, -0.1) is 0 Å². The van der Waals surface area contributed by atoms with E-state index in [-0.39, 0.29) is 12.6 Å². The second-order valence-corrected chi connectivity index (χ2v) is 6.50. The number of carbonyl (C=O) groups excluding carboxylic acids is 1. The number of hydrogen-bond donors (Lipinski definition) is 0. The highest BCUT2D eigenvalue weighted by atomic mass is 16.5. The number of aryl methyl sites for hydroxylation is 1. The Morgan fingerprint density at radius 3 is 2.70 bits per heavy atom. The van der Waals surface area contributed by atoms with Crippen LogP contribution in [0.3, 0.4) is 0 Å². The first-order chi connectivity index (χ1) is 14.7. The van der Waals surface area contributed by atoms with Gasteiger partial charge in [-0.2, -0.15) is 0 Å². The normalized spacial score (nSPS) is 10.9. The number of carbonyl (C=O) groups is 1. The first-order valence-corrected chi connectivity index (χ1v) is 9.80. The lowest BCUT2D eigenvalue weighted by Gasteiger charge is -2.11. The number of ether oxygens (including phenoxy) is 3. The lowest BCUT2D eigenvalue weighted by molar-refractivity contribution is -0.143. The van der Waals surface area contributed by atoms with Gasteiger partial charge in [0.25, 0.3) is 0 Å². The van der Waals surface area contributed by atoms with Crippen molar-refractivity contribution < 1.29 is 23.4 Å². The molecule has 0 bridgehead atoms. The minimum absolute atomic E-state index is 0.208. The molecular weight excluding hydrogens is 382 g/mol. The van der Waals surface area contributed by atoms with Crippen LogP contribution in [0, 0.1) is 0 Å². The van der Waals surface area contributed by atoms with Crippen LogP contribution in [0.2, 0.25) is 0 Å². The summed E-state index contributed by atoms with van der Waals surface area (Å²) in [5.74, 6) is 1.50. The van der Waals surface area contributed by atoms with E-state index in [9.17, 15) is 4.79 Å². The lowest BCUT2D eigenvalue weighted by atomic mass is 10.1. The molecule has 0 amide bonds. The maximum Gasteiger partial charge on any atom is 0.306 e. The molecule has 0 N–H and O–H groups in total. The van der Waals surface area contributed by atoms with Crippen molar-refractivity contribution in [2.75, 3.05) is 13.7 Å². The van der Waals surface area contributed by atoms with Gasteiger partial charge in [0.2, 0.25) is 5.89 Å². The zero-order valence-electron chi connectivity index (χ0n) is 17.2. The van der Waals surface area contributed by atoms with Crippen molar-refractivity contribution in [1.29, 1.82) is 0 Å². The molecule has 0 spiro atoms. The Hall–Kier alpha value is -3.54. The molecule has 0 atom stereocenters. The van der Waals surface area contributed by atoms with Crippen LogP contribution in [0.5, 0.6) is 11.5 Å². The van der Waals surface area contributed by atoms with Crippen molar-refractivity contribution in [2.45, 2.75) is 26.4 Å². The molecule has 0 unspecified atom stereocenters. The maximum absolute atomic E-state index is 11.5. The van der Waals surface area contributed by atoms with Crippen LogP contribution >= 0.6 is 0 Å². The largest absolute Gasteiger partial charge is 0.493 e. The summed E-state index contributed by atoms with van der Waals surface area (Å²) in [5.41, 5.74) is 2.72. The molecule has 6 nitrogen and oxygen atoms in total. The summed E-state index contributed by atoms with van der Waals surface area (Å²) in [6, 6.07) is 15.5. The minimum atomic E-state index is -0.208. The zero-order chi connectivity index (χ0) is 21.2. The van der Waals surface area contributed by atoms with Crippen molar-refractivity contribution in [3.05, 3.63) is 77.5 Å². The van der Waals surface area contributed by atoms with Crippen LogP contribution in [-0.2, 0) is 22.6 Å². The number of aromatic nitrogens is 1. The summed E-state index contributed by atoms with van der Waals surface area (Å²) in [4.78, 5) is 15.9. The second-order valence-electron chi connectivity index (χ2n) is 6.50. The van der Waals surface area contributed by atoms with E-state index in [1.165, 1.54) is 0 Å². The van der Waals surface area contributed by atoms with Gasteiger partial charge in [0.05, 0.1) is 13.7 Å². The van der Waals surface area contributed by atoms with Gasteiger partial charge in [0.1, 0.15) is 18.6 Å². The van der Waals surface area contributed by atoms with Crippen LogP contribution in [0.1, 0.15) is 36.1 Å². The first kappa shape index (κ1) is 21.2. The fourth-order valence-electron chi connectivity index (χ4n) is 2.82. The van der Waals surface area contributed by atoms with E-state index in [4.69, 9.17) is 18.6 Å². The molecule has 0 aliphatic carbocycles. The predicted molar refractivity (Wildman–Crippen MR) is 114 cm³/mol. The lowest BCUT2D eigenvalue weighted by Crippen LogP contribution is -2.05. The maximum atomic E-state index is 11.5. The number of nitrogens with zero attached hydrogens (tertiary/aromatic N) is 1. The summed E-state index contributed by atoms with van der Waals surface area (Å²) in [6.45, 7) is 2.44. The standard InChI is InChI=1S/C24H25NO5/c1-3-28-24(26)14-11-19-9-12-21(22(15-19)27-2)29-16-20-17-30-23(25-20)13-10-18-7-5-4-6-8-18/h4-10,12-13,15,17H,3,11,14,16H2,1-2H3/b13-10+. The summed E-state index contributed by atoms with van der Waals surface area (Å²) in [7, 11) is 1.58. The number of hydrogen-bond acceptors (Lipinski definition) is 6. The molecule has 0 saturated heterocycles. The van der Waals surface area contributed by atoms with Gasteiger partial charge in [-0.25, -0.2) is 4.98 Å². The fourth-order valence-corrected chi connectivity index (χ4v) is 2.82. The SMILES string of the molecule is CCOC(=O)CCc1ccc(OCc2coc(/C=C/c3ccccc3)n2)c(OC)c1. The van der Waals surface area contributed by atoms with Gasteiger partial charge >= 0.3 is 5.97 Å². The Morgan fingerprint density at radius 1 is 1.10 bits per heavy atom. The van der Waals surface area contributed by atoms with Crippen molar-refractivity contribution in [1.82, 2.24) is 4.98 Å². The first-order valence-electron chi connectivity index (χ1n) is 9.80. The zero-order valence-corrected chi connectivity index (χ0v) is 17.2. The van der Waals surface area contributed by atoms with Crippen molar-refractivity contribution in [3.63, 3.8) is 0 Å². The van der Waals surface area contributed by atoms with E-state index >= 15 is 0 Å². The van der Waals surface area contributed by atoms with Crippen LogP contribution in [0.25, 0.3) is 12.2 Å². The van der Waals surface area contributed by atoms with Crippen LogP contribution in [0.15, 0.2) is 59.2 Å². The van der Waals surface area contributed by atoms with Gasteiger partial charge in [0.15, 0.2) is 11.5 Å². The van der Waals surface area contributed by atoms with Gasteiger partial charge in [0, 0.05) is 12.5 Å². The molecule has 1 heterocycles. The Morgan fingerprint density at radius 2 is 1.93 bits per heavy atom. The molecule has 0 aliphatic rings. The van der Waals surface area contributed by atoms with E-state index in [2.05, 4.69) is 4.98 Å². The quantitative estimate of drug-likeness (QED) is 0.444. The summed E-state index contributed by atoms with van der Waals surface area (Å²) >= 11 is 0. The fraction of sp³-hybridized carbons (Fsp3) is 0.250. The predicted octanol–water partition coefficient (Wildman–Crippen LogP) is 4.93. The molecule has 0 aliphatic heterocycles. The van der Waals surface area contributed by atoms with Gasteiger partial charge in [-0.3, -0.25) is 4.79 Å². The van der Waals surface area contributed by atoms with E-state index in [0.29, 0.717) is 42.5 Å². The number of oxazole rings is 1. The highest BCUT2D eigenvalue weighted by molar-refractivity contribution is 5.69. The summed E-state index contributed by atoms with van der Waals surface area (Å²) in [5, 5.41) is 0. The monoisotopic (exact) mass is 407 g/mol. The molecule has 156 valence electrons. The Bertz CT molecular complexity index is 978. The van der Waals surface area contributed by atoms with E-state index in [1.807, 2.05) is 60.7 Å². The average Bonchev–Trinajstić information content (AvgIpc) is 3.24. The molecule has 1 aromatic heterocycles. The number of methoxy groups -OCH3 is 1. The van der Waals surface area contributed by atoms with Crippen LogP contribution < -0.4 is 9.47 Å². The van der Waals surface area contributed by atoms with Crippen molar-refractivity contribution in [2.24, 2.45) is 0 Å². The van der Waals surface area contributed by atoms with Gasteiger partial charge < -0.3 is 18.6 Å². The van der Waals surface area contributed by atoms with Gasteiger partial charge in [-0.05, 0) is 42.7 Å². The third-order valence-corrected chi connectivity index (χ3v) is 4.31. The molecule has 6 heteroatoms. The van der Waals surface area contributed by atoms with E-state index < -0.39 is 0 Å². The molecule has 2 aromatic carbocycles. The summed E-state index contributed by atoms with van der Waals surface area (Å²) in [6.07, 6.45) is 6.24. The highest BCUT2D eigenvalue weighted by Crippen LogP contribution is 2.29. The molecule has 0 saturated carbocycles. The highest BCUT2D eigenvalue weighted by Gasteiger charge is 2.10. The van der Waals surface area contributed by atoms with Crippen LogP contribution in [-0.4, -0.2) is 24.7 Å². The smallest absolute Gasteiger partial charge is 0.306 e. The van der Waals surface area contributed by atoms with E-state index in [0.717, 1.165) is 11.1 Å². The topological polar surface area (TPSA) is 70.8 Å². The molecule has 3 rings (SSSR count). The number of rotatable bonds is 10. The molecule has 3 aromatic rings. The van der Waals surface area contributed by atoms with Crippen LogP contribution in [0.4, 0.5) is 0 Å². The third kappa shape index (κ3) is 6.24. The summed E-state index contributed by atoms with van der Waals surface area (Å²) < 4.78 is 21.7. The molecular formula is C24H25NO5. The Balaban J connectivity index is 1.57. The van der Waals surface area contributed by atoms with Crippen molar-refractivity contribution in [3.8, 4) is 11.5 Å². The van der Waals surface area contributed by atoms with Gasteiger partial charge in [-0.1, -0.05) is 36.4 Å². The second kappa shape index (κ2) is 10.9. The molecule has 0 radical (unpaired) electrons. The number of benzene rings is 2. The third-order valence-electron chi connectivity index (χ3n) is 4.31. The van der Waals surface area contributed by atoms with Crippen molar-refractivity contribution >= 4 is 18.1 Å². The average molecular weight is 407 g/mol. The minimum Gasteiger partial charge on any atom is -0.493 e. The Labute approximate surface area is 176 Å². The molecule has 0 fully saturated rings. The molecule has 30 heavy (non-hydrogen) atoms.